The molecule has 0 N–H and O–H groups in total. The average Bonchev–Trinajstić information content (AvgIpc) is 3.46. The minimum absolute atomic E-state index is 0.00862. The van der Waals surface area contributed by atoms with Crippen molar-refractivity contribution >= 4 is 23.0 Å². The monoisotopic (exact) mass is 473 g/mol. The van der Waals surface area contributed by atoms with Crippen LogP contribution in [0, 0.1) is 12.8 Å². The maximum absolute atomic E-state index is 13.3. The molecule has 3 aromatic rings. The first-order valence-corrected chi connectivity index (χ1v) is 13.1. The molecule has 0 spiro atoms. The molecule has 2 fully saturated rings. The Kier molecular flexibility index (Phi) is 4.74. The lowest BCUT2D eigenvalue weighted by atomic mass is 9.92. The molecular weight excluding hydrogens is 446 g/mol. The molecule has 4 aliphatic rings. The highest BCUT2D eigenvalue weighted by Gasteiger charge is 2.39. The van der Waals surface area contributed by atoms with E-state index in [0.717, 1.165) is 30.2 Å². The molecular formula is C26H27N5O2S. The van der Waals surface area contributed by atoms with E-state index in [9.17, 15) is 4.79 Å². The summed E-state index contributed by atoms with van der Waals surface area (Å²) in [5.74, 6) is 2.69. The molecule has 2 aromatic heterocycles. The van der Waals surface area contributed by atoms with E-state index in [4.69, 9.17) is 9.73 Å². The third-order valence-electron chi connectivity index (χ3n) is 7.57. The van der Waals surface area contributed by atoms with Crippen LogP contribution in [0.25, 0.3) is 5.00 Å². The largest absolute Gasteiger partial charge is 0.378 e. The zero-order valence-electron chi connectivity index (χ0n) is 19.3. The van der Waals surface area contributed by atoms with E-state index >= 15 is 0 Å². The number of aromatic nitrogens is 3. The number of thiophene rings is 1. The molecule has 0 bridgehead atoms. The van der Waals surface area contributed by atoms with E-state index in [1.807, 2.05) is 11.8 Å². The van der Waals surface area contributed by atoms with Gasteiger partial charge in [-0.15, -0.1) is 21.5 Å². The molecule has 1 saturated carbocycles. The van der Waals surface area contributed by atoms with Crippen molar-refractivity contribution < 1.29 is 9.53 Å². The van der Waals surface area contributed by atoms with E-state index in [0.29, 0.717) is 38.8 Å². The number of hydrogen-bond donors (Lipinski definition) is 0. The van der Waals surface area contributed by atoms with E-state index < -0.39 is 0 Å². The number of carbonyl (C=O) groups excluding carboxylic acids is 1. The van der Waals surface area contributed by atoms with Crippen LogP contribution in [0.1, 0.15) is 57.5 Å². The second-order valence-corrected chi connectivity index (χ2v) is 10.8. The van der Waals surface area contributed by atoms with Gasteiger partial charge < -0.3 is 9.64 Å². The van der Waals surface area contributed by atoms with Crippen LogP contribution in [-0.2, 0) is 28.9 Å². The summed E-state index contributed by atoms with van der Waals surface area (Å²) in [4.78, 5) is 21.8. The Balaban J connectivity index is 1.34. The molecule has 8 heteroatoms. The van der Waals surface area contributed by atoms with Crippen LogP contribution in [0.2, 0.25) is 0 Å². The fraction of sp³-hybridized carbons (Fsp3) is 0.462. The Morgan fingerprint density at radius 3 is 2.76 bits per heavy atom. The molecule has 1 atom stereocenters. The van der Waals surface area contributed by atoms with Gasteiger partial charge in [0.25, 0.3) is 0 Å². The number of aryl methyl sites for hydroxylation is 1. The van der Waals surface area contributed by atoms with E-state index in [1.54, 1.807) is 11.3 Å². The van der Waals surface area contributed by atoms with Gasteiger partial charge in [-0.2, -0.15) is 0 Å². The lowest BCUT2D eigenvalue weighted by Crippen LogP contribution is -2.44. The molecule has 1 amide bonds. The third-order valence-corrected chi connectivity index (χ3v) is 8.81. The molecule has 2 aliphatic carbocycles. The average molecular weight is 474 g/mol. The summed E-state index contributed by atoms with van der Waals surface area (Å²) in [5.41, 5.74) is 6.22. The molecule has 1 saturated heterocycles. The van der Waals surface area contributed by atoms with Gasteiger partial charge in [0.15, 0.2) is 5.82 Å². The molecule has 7 rings (SSSR count). The summed E-state index contributed by atoms with van der Waals surface area (Å²) < 4.78 is 7.65. The first kappa shape index (κ1) is 20.5. The minimum atomic E-state index is 0.00862. The Morgan fingerprint density at radius 2 is 1.94 bits per heavy atom. The minimum Gasteiger partial charge on any atom is -0.378 e. The number of hydrogen-bond acceptors (Lipinski definition) is 6. The van der Waals surface area contributed by atoms with Gasteiger partial charge in [-0.25, -0.2) is 0 Å². The maximum Gasteiger partial charge on any atom is 0.226 e. The number of rotatable bonds is 3. The normalized spacial score (nSPS) is 21.5. The van der Waals surface area contributed by atoms with Crippen LogP contribution in [-0.4, -0.2) is 57.6 Å². The SMILES string of the molecule is Cc1nnc2n1-c1sc3c(c1C(c1ccccc1C1CC1)=NC2)CC(C(=O)N1CCOCC1)C3. The predicted molar refractivity (Wildman–Crippen MR) is 130 cm³/mol. The van der Waals surface area contributed by atoms with Crippen LogP contribution >= 0.6 is 11.3 Å². The van der Waals surface area contributed by atoms with E-state index in [1.165, 1.54) is 45.0 Å². The standard InChI is InChI=1S/C26H27N5O2S/c1-15-28-29-22-14-27-24(19-5-3-2-4-18(19)16-6-7-16)23-20-12-17(13-21(20)34-26(23)31(15)22)25(32)30-8-10-33-11-9-30/h2-5,16-17H,6-14H2,1H3. The lowest BCUT2D eigenvalue weighted by molar-refractivity contribution is -0.139. The molecule has 1 aromatic carbocycles. The van der Waals surface area contributed by atoms with Crippen molar-refractivity contribution in [3.8, 4) is 5.00 Å². The second-order valence-electron chi connectivity index (χ2n) is 9.75. The van der Waals surface area contributed by atoms with Crippen LogP contribution in [0.3, 0.4) is 0 Å². The predicted octanol–water partition coefficient (Wildman–Crippen LogP) is 3.44. The van der Waals surface area contributed by atoms with E-state index in [2.05, 4.69) is 39.0 Å². The molecule has 4 heterocycles. The van der Waals surface area contributed by atoms with Crippen molar-refractivity contribution in [2.75, 3.05) is 26.3 Å². The topological polar surface area (TPSA) is 72.6 Å². The number of morpholine rings is 1. The quantitative estimate of drug-likeness (QED) is 0.584. The van der Waals surface area contributed by atoms with Gasteiger partial charge in [0.1, 0.15) is 17.4 Å². The number of amides is 1. The molecule has 174 valence electrons. The summed E-state index contributed by atoms with van der Waals surface area (Å²) in [6.07, 6.45) is 4.08. The molecule has 2 aliphatic heterocycles. The number of aliphatic imine (C=N–C) groups is 1. The van der Waals surface area contributed by atoms with Crippen LogP contribution in [0.15, 0.2) is 29.3 Å². The first-order valence-electron chi connectivity index (χ1n) is 12.3. The smallest absolute Gasteiger partial charge is 0.226 e. The van der Waals surface area contributed by atoms with Gasteiger partial charge in [0.2, 0.25) is 5.91 Å². The number of nitrogens with zero attached hydrogens (tertiary/aromatic N) is 5. The van der Waals surface area contributed by atoms with Gasteiger partial charge in [0, 0.05) is 35.0 Å². The summed E-state index contributed by atoms with van der Waals surface area (Å²) in [6, 6.07) is 8.76. The molecule has 0 radical (unpaired) electrons. The maximum atomic E-state index is 13.3. The zero-order valence-corrected chi connectivity index (χ0v) is 20.1. The highest BCUT2D eigenvalue weighted by molar-refractivity contribution is 7.15. The highest BCUT2D eigenvalue weighted by Crippen LogP contribution is 2.46. The van der Waals surface area contributed by atoms with Gasteiger partial charge in [0.05, 0.1) is 18.9 Å². The van der Waals surface area contributed by atoms with Crippen LogP contribution < -0.4 is 0 Å². The van der Waals surface area contributed by atoms with E-state index in [-0.39, 0.29) is 11.8 Å². The fourth-order valence-electron chi connectivity index (χ4n) is 5.72. The van der Waals surface area contributed by atoms with Crippen molar-refractivity contribution in [1.82, 2.24) is 19.7 Å². The van der Waals surface area contributed by atoms with Crippen LogP contribution in [0.5, 0.6) is 0 Å². The Labute approximate surface area is 202 Å². The van der Waals surface area contributed by atoms with Crippen molar-refractivity contribution in [2.24, 2.45) is 10.9 Å². The van der Waals surface area contributed by atoms with Gasteiger partial charge in [-0.05, 0) is 49.7 Å². The van der Waals surface area contributed by atoms with Gasteiger partial charge >= 0.3 is 0 Å². The van der Waals surface area contributed by atoms with Gasteiger partial charge in [-0.3, -0.25) is 14.4 Å². The second kappa shape index (κ2) is 7.85. The first-order chi connectivity index (χ1) is 16.7. The van der Waals surface area contributed by atoms with Crippen molar-refractivity contribution in [2.45, 2.75) is 45.1 Å². The Bertz CT molecular complexity index is 1330. The summed E-state index contributed by atoms with van der Waals surface area (Å²) in [7, 11) is 0. The number of ether oxygens (including phenoxy) is 1. The summed E-state index contributed by atoms with van der Waals surface area (Å²) in [5, 5.41) is 9.97. The summed E-state index contributed by atoms with van der Waals surface area (Å²) >= 11 is 1.80. The number of fused-ring (bicyclic) bond motifs is 5. The van der Waals surface area contributed by atoms with Crippen LogP contribution in [0.4, 0.5) is 0 Å². The zero-order chi connectivity index (χ0) is 22.8. The van der Waals surface area contributed by atoms with Crippen molar-refractivity contribution in [3.05, 3.63) is 63.0 Å². The molecule has 1 unspecified atom stereocenters. The van der Waals surface area contributed by atoms with Crippen molar-refractivity contribution in [3.63, 3.8) is 0 Å². The Hall–Kier alpha value is -2.84. The fourth-order valence-corrected chi connectivity index (χ4v) is 7.20. The lowest BCUT2D eigenvalue weighted by Gasteiger charge is -2.29. The van der Waals surface area contributed by atoms with Crippen molar-refractivity contribution in [1.29, 1.82) is 0 Å². The summed E-state index contributed by atoms with van der Waals surface area (Å²) in [6.45, 7) is 5.21. The Morgan fingerprint density at radius 1 is 1.12 bits per heavy atom. The molecule has 34 heavy (non-hydrogen) atoms. The third kappa shape index (κ3) is 3.19. The number of benzene rings is 1. The highest BCUT2D eigenvalue weighted by atomic mass is 32.1. The number of carbonyl (C=O) groups is 1. The molecule has 7 nitrogen and oxygen atoms in total. The van der Waals surface area contributed by atoms with Gasteiger partial charge in [-0.1, -0.05) is 24.3 Å².